The molecule has 0 radical (unpaired) electrons. The van der Waals surface area contributed by atoms with Gasteiger partial charge in [0, 0.05) is 32.0 Å². The van der Waals surface area contributed by atoms with Gasteiger partial charge in [-0.3, -0.25) is 4.79 Å². The Hall–Kier alpha value is -1.42. The SMILES string of the molecule is Cc1cc(F)ccc1CCN1CC(CO)CC1=O. The predicted molar refractivity (Wildman–Crippen MR) is 66.6 cm³/mol. The molecule has 0 aromatic heterocycles. The number of aliphatic hydroxyl groups excluding tert-OH is 1. The molecule has 1 amide bonds. The summed E-state index contributed by atoms with van der Waals surface area (Å²) in [6.45, 7) is 3.22. The third-order valence-electron chi connectivity index (χ3n) is 3.51. The topological polar surface area (TPSA) is 40.5 Å². The maximum absolute atomic E-state index is 13.0. The zero-order chi connectivity index (χ0) is 13.1. The van der Waals surface area contributed by atoms with Crippen LogP contribution in [0.15, 0.2) is 18.2 Å². The lowest BCUT2D eigenvalue weighted by Crippen LogP contribution is -2.28. The standard InChI is InChI=1S/C14H18FNO2/c1-10-6-13(15)3-2-12(10)4-5-16-8-11(9-17)7-14(16)18/h2-3,6,11,17H,4-5,7-9H2,1H3. The number of carbonyl (C=O) groups is 1. The van der Waals surface area contributed by atoms with E-state index in [1.807, 2.05) is 6.92 Å². The number of aliphatic hydroxyl groups is 1. The molecule has 3 nitrogen and oxygen atoms in total. The molecule has 4 heteroatoms. The summed E-state index contributed by atoms with van der Waals surface area (Å²) in [5, 5.41) is 9.04. The number of carbonyl (C=O) groups excluding carboxylic acids is 1. The monoisotopic (exact) mass is 251 g/mol. The van der Waals surface area contributed by atoms with E-state index in [2.05, 4.69) is 0 Å². The summed E-state index contributed by atoms with van der Waals surface area (Å²) < 4.78 is 13.0. The van der Waals surface area contributed by atoms with Gasteiger partial charge in [-0.2, -0.15) is 0 Å². The Morgan fingerprint density at radius 3 is 2.89 bits per heavy atom. The molecule has 1 heterocycles. The summed E-state index contributed by atoms with van der Waals surface area (Å²) in [5.41, 5.74) is 1.98. The zero-order valence-electron chi connectivity index (χ0n) is 10.5. The molecule has 1 N–H and O–H groups in total. The molecule has 2 rings (SSSR count). The summed E-state index contributed by atoms with van der Waals surface area (Å²) >= 11 is 0. The van der Waals surface area contributed by atoms with Crippen molar-refractivity contribution in [3.8, 4) is 0 Å². The van der Waals surface area contributed by atoms with Gasteiger partial charge in [0.25, 0.3) is 0 Å². The van der Waals surface area contributed by atoms with Crippen molar-refractivity contribution in [3.05, 3.63) is 35.1 Å². The van der Waals surface area contributed by atoms with E-state index in [1.54, 1.807) is 11.0 Å². The minimum atomic E-state index is -0.228. The van der Waals surface area contributed by atoms with E-state index in [-0.39, 0.29) is 24.2 Å². The van der Waals surface area contributed by atoms with Gasteiger partial charge in [-0.25, -0.2) is 4.39 Å². The lowest BCUT2D eigenvalue weighted by Gasteiger charge is -2.17. The van der Waals surface area contributed by atoms with Gasteiger partial charge in [0.05, 0.1) is 0 Å². The molecule has 1 aromatic carbocycles. The van der Waals surface area contributed by atoms with Crippen LogP contribution >= 0.6 is 0 Å². The first kappa shape index (κ1) is 13.0. The number of aryl methyl sites for hydroxylation is 1. The average Bonchev–Trinajstić information content (AvgIpc) is 2.69. The van der Waals surface area contributed by atoms with Gasteiger partial charge in [0.15, 0.2) is 0 Å². The molecule has 0 bridgehead atoms. The van der Waals surface area contributed by atoms with Crippen molar-refractivity contribution in [3.63, 3.8) is 0 Å². The smallest absolute Gasteiger partial charge is 0.223 e. The molecule has 1 aromatic rings. The van der Waals surface area contributed by atoms with E-state index >= 15 is 0 Å². The molecule has 1 saturated heterocycles. The van der Waals surface area contributed by atoms with Crippen LogP contribution in [0.25, 0.3) is 0 Å². The van der Waals surface area contributed by atoms with Crippen LogP contribution < -0.4 is 0 Å². The second-order valence-electron chi connectivity index (χ2n) is 4.91. The van der Waals surface area contributed by atoms with Crippen molar-refractivity contribution < 1.29 is 14.3 Å². The van der Waals surface area contributed by atoms with E-state index < -0.39 is 0 Å². The number of benzene rings is 1. The Bertz CT molecular complexity index is 447. The number of halogens is 1. The quantitative estimate of drug-likeness (QED) is 0.881. The third-order valence-corrected chi connectivity index (χ3v) is 3.51. The van der Waals surface area contributed by atoms with Gasteiger partial charge in [0.2, 0.25) is 5.91 Å². The zero-order valence-corrected chi connectivity index (χ0v) is 10.5. The van der Waals surface area contributed by atoms with Gasteiger partial charge < -0.3 is 10.0 Å². The largest absolute Gasteiger partial charge is 0.396 e. The minimum Gasteiger partial charge on any atom is -0.396 e. The number of likely N-dealkylation sites (tertiary alicyclic amines) is 1. The molecule has 0 aliphatic carbocycles. The number of hydrogen-bond donors (Lipinski definition) is 1. The van der Waals surface area contributed by atoms with E-state index in [1.165, 1.54) is 12.1 Å². The molecule has 1 atom stereocenters. The predicted octanol–water partition coefficient (Wildman–Crippen LogP) is 1.52. The fraction of sp³-hybridized carbons (Fsp3) is 0.500. The Balaban J connectivity index is 1.94. The second-order valence-corrected chi connectivity index (χ2v) is 4.91. The average molecular weight is 251 g/mol. The van der Waals surface area contributed by atoms with Crippen LogP contribution in [0.4, 0.5) is 4.39 Å². The highest BCUT2D eigenvalue weighted by atomic mass is 19.1. The number of nitrogens with zero attached hydrogens (tertiary/aromatic N) is 1. The normalized spacial score (nSPS) is 19.6. The molecular formula is C14H18FNO2. The summed E-state index contributed by atoms with van der Waals surface area (Å²) in [5.74, 6) is -0.0468. The van der Waals surface area contributed by atoms with Gasteiger partial charge >= 0.3 is 0 Å². The third kappa shape index (κ3) is 2.88. The first-order valence-electron chi connectivity index (χ1n) is 6.24. The molecule has 1 aliphatic rings. The Morgan fingerprint density at radius 1 is 1.50 bits per heavy atom. The van der Waals surface area contributed by atoms with Gasteiger partial charge in [-0.1, -0.05) is 6.07 Å². The highest BCUT2D eigenvalue weighted by Gasteiger charge is 2.28. The van der Waals surface area contributed by atoms with Gasteiger partial charge in [-0.05, 0) is 36.6 Å². The first-order valence-corrected chi connectivity index (χ1v) is 6.24. The van der Waals surface area contributed by atoms with Crippen LogP contribution in [-0.2, 0) is 11.2 Å². The fourth-order valence-corrected chi connectivity index (χ4v) is 2.39. The lowest BCUT2D eigenvalue weighted by atomic mass is 10.1. The Morgan fingerprint density at radius 2 is 2.28 bits per heavy atom. The Kier molecular flexibility index (Phi) is 3.97. The maximum Gasteiger partial charge on any atom is 0.223 e. The van der Waals surface area contributed by atoms with Crippen LogP contribution in [0.2, 0.25) is 0 Å². The molecular weight excluding hydrogens is 233 g/mol. The first-order chi connectivity index (χ1) is 8.60. The van der Waals surface area contributed by atoms with Crippen LogP contribution in [0.1, 0.15) is 17.5 Å². The molecule has 1 fully saturated rings. The number of rotatable bonds is 4. The van der Waals surface area contributed by atoms with Crippen LogP contribution in [0, 0.1) is 18.7 Å². The highest BCUT2D eigenvalue weighted by Crippen LogP contribution is 2.18. The van der Waals surface area contributed by atoms with Crippen molar-refractivity contribution in [2.75, 3.05) is 19.7 Å². The molecule has 18 heavy (non-hydrogen) atoms. The summed E-state index contributed by atoms with van der Waals surface area (Å²) in [6, 6.07) is 4.73. The highest BCUT2D eigenvalue weighted by molar-refractivity contribution is 5.78. The molecule has 0 spiro atoms. The van der Waals surface area contributed by atoms with E-state index in [4.69, 9.17) is 5.11 Å². The van der Waals surface area contributed by atoms with Crippen LogP contribution in [0.3, 0.4) is 0 Å². The number of hydrogen-bond acceptors (Lipinski definition) is 2. The van der Waals surface area contributed by atoms with Crippen molar-refractivity contribution >= 4 is 5.91 Å². The van der Waals surface area contributed by atoms with Crippen LogP contribution in [-0.4, -0.2) is 35.6 Å². The second kappa shape index (κ2) is 5.48. The molecule has 0 saturated carbocycles. The van der Waals surface area contributed by atoms with Crippen molar-refractivity contribution in [2.24, 2.45) is 5.92 Å². The van der Waals surface area contributed by atoms with Crippen molar-refractivity contribution in [2.45, 2.75) is 19.8 Å². The fourth-order valence-electron chi connectivity index (χ4n) is 2.39. The maximum atomic E-state index is 13.0. The Labute approximate surface area is 106 Å². The minimum absolute atomic E-state index is 0.0673. The van der Waals surface area contributed by atoms with E-state index in [0.717, 1.165) is 17.5 Å². The summed E-state index contributed by atoms with van der Waals surface area (Å²) in [7, 11) is 0. The number of amides is 1. The van der Waals surface area contributed by atoms with Gasteiger partial charge in [-0.15, -0.1) is 0 Å². The lowest BCUT2D eigenvalue weighted by molar-refractivity contribution is -0.127. The summed E-state index contributed by atoms with van der Waals surface area (Å²) in [6.07, 6.45) is 1.18. The van der Waals surface area contributed by atoms with Crippen molar-refractivity contribution in [1.29, 1.82) is 0 Å². The molecule has 1 aliphatic heterocycles. The van der Waals surface area contributed by atoms with E-state index in [9.17, 15) is 9.18 Å². The van der Waals surface area contributed by atoms with E-state index in [0.29, 0.717) is 19.5 Å². The summed E-state index contributed by atoms with van der Waals surface area (Å²) in [4.78, 5) is 13.4. The van der Waals surface area contributed by atoms with Crippen LogP contribution in [0.5, 0.6) is 0 Å². The molecule has 1 unspecified atom stereocenters. The van der Waals surface area contributed by atoms with Gasteiger partial charge in [0.1, 0.15) is 5.82 Å². The van der Waals surface area contributed by atoms with Crippen molar-refractivity contribution in [1.82, 2.24) is 4.90 Å². The molecule has 98 valence electrons.